The van der Waals surface area contributed by atoms with Gasteiger partial charge in [-0.3, -0.25) is 4.79 Å². The van der Waals surface area contributed by atoms with Crippen LogP contribution in [0, 0.1) is 0 Å². The first-order valence-corrected chi connectivity index (χ1v) is 13.3. The molecule has 0 atom stereocenters. The van der Waals surface area contributed by atoms with E-state index in [4.69, 9.17) is 4.74 Å². The first-order chi connectivity index (χ1) is 17.2. The van der Waals surface area contributed by atoms with E-state index in [2.05, 4.69) is 99.6 Å². The minimum Gasteiger partial charge on any atom is -0.487 e. The summed E-state index contributed by atoms with van der Waals surface area (Å²) in [5.74, 6) is 0.547. The standard InChI is InChI=1S/C30H28Br2N2O2/c1-30(2,3)24-13-11-20(12-14-24)17-28(35)34-33-18-21-15-26(31)29(27(32)16-21)36-19-23-9-6-8-22-7-4-5-10-25(22)23/h4-16,18H,17,19H2,1-3H3,(H,34,35)/b33-18-. The van der Waals surface area contributed by atoms with Crippen molar-refractivity contribution in [3.05, 3.63) is 110 Å². The zero-order valence-electron chi connectivity index (χ0n) is 20.5. The molecule has 0 aromatic heterocycles. The summed E-state index contributed by atoms with van der Waals surface area (Å²) in [6.07, 6.45) is 1.89. The van der Waals surface area contributed by atoms with Gasteiger partial charge < -0.3 is 4.74 Å². The molecule has 0 saturated heterocycles. The number of nitrogens with zero attached hydrogens (tertiary/aromatic N) is 1. The van der Waals surface area contributed by atoms with Gasteiger partial charge in [0.15, 0.2) is 0 Å². The Morgan fingerprint density at radius 3 is 2.31 bits per heavy atom. The first-order valence-electron chi connectivity index (χ1n) is 11.7. The number of hydrogen-bond donors (Lipinski definition) is 1. The van der Waals surface area contributed by atoms with Crippen LogP contribution in [0.25, 0.3) is 10.8 Å². The molecule has 1 N–H and O–H groups in total. The molecular weight excluding hydrogens is 580 g/mol. The van der Waals surface area contributed by atoms with Gasteiger partial charge in [-0.25, -0.2) is 5.43 Å². The number of halogens is 2. The Bertz CT molecular complexity index is 1380. The Labute approximate surface area is 229 Å². The lowest BCUT2D eigenvalue weighted by atomic mass is 9.86. The number of amides is 1. The largest absolute Gasteiger partial charge is 0.487 e. The van der Waals surface area contributed by atoms with Gasteiger partial charge in [-0.15, -0.1) is 0 Å². The number of hydrazone groups is 1. The molecule has 4 nitrogen and oxygen atoms in total. The number of rotatable bonds is 7. The van der Waals surface area contributed by atoms with Crippen LogP contribution in [0.1, 0.15) is 43.0 Å². The van der Waals surface area contributed by atoms with Gasteiger partial charge in [-0.2, -0.15) is 5.10 Å². The van der Waals surface area contributed by atoms with Gasteiger partial charge in [-0.05, 0) is 82.4 Å². The highest BCUT2D eigenvalue weighted by Gasteiger charge is 2.13. The van der Waals surface area contributed by atoms with Gasteiger partial charge in [-0.1, -0.05) is 87.5 Å². The van der Waals surface area contributed by atoms with Gasteiger partial charge in [0, 0.05) is 0 Å². The molecule has 0 heterocycles. The summed E-state index contributed by atoms with van der Waals surface area (Å²) >= 11 is 7.20. The van der Waals surface area contributed by atoms with E-state index in [0.29, 0.717) is 12.4 Å². The normalized spacial score (nSPS) is 11.7. The molecule has 4 rings (SSSR count). The fourth-order valence-electron chi connectivity index (χ4n) is 3.89. The summed E-state index contributed by atoms with van der Waals surface area (Å²) in [6.45, 7) is 6.95. The summed E-state index contributed by atoms with van der Waals surface area (Å²) < 4.78 is 7.74. The second kappa shape index (κ2) is 11.4. The number of fused-ring (bicyclic) bond motifs is 1. The molecule has 6 heteroatoms. The summed E-state index contributed by atoms with van der Waals surface area (Å²) in [5.41, 5.74) is 6.83. The molecule has 0 fully saturated rings. The van der Waals surface area contributed by atoms with Gasteiger partial charge in [0.2, 0.25) is 5.91 Å². The smallest absolute Gasteiger partial charge is 0.244 e. The van der Waals surface area contributed by atoms with E-state index in [9.17, 15) is 4.79 Å². The van der Waals surface area contributed by atoms with E-state index in [0.717, 1.165) is 25.6 Å². The first kappa shape index (κ1) is 26.1. The number of nitrogens with one attached hydrogen (secondary N) is 1. The molecule has 4 aromatic carbocycles. The van der Waals surface area contributed by atoms with Crippen molar-refractivity contribution in [3.63, 3.8) is 0 Å². The number of benzene rings is 4. The SMILES string of the molecule is CC(C)(C)c1ccc(CC(=O)N/N=C\c2cc(Br)c(OCc3cccc4ccccc34)c(Br)c2)cc1. The van der Waals surface area contributed by atoms with Crippen LogP contribution < -0.4 is 10.2 Å². The second-order valence-electron chi connectivity index (χ2n) is 9.66. The van der Waals surface area contributed by atoms with Crippen molar-refractivity contribution in [2.24, 2.45) is 5.10 Å². The maximum absolute atomic E-state index is 12.3. The highest BCUT2D eigenvalue weighted by Crippen LogP contribution is 2.35. The maximum atomic E-state index is 12.3. The van der Waals surface area contributed by atoms with Crippen molar-refractivity contribution < 1.29 is 9.53 Å². The molecular formula is C30H28Br2N2O2. The zero-order chi connectivity index (χ0) is 25.7. The van der Waals surface area contributed by atoms with E-state index in [-0.39, 0.29) is 17.7 Å². The van der Waals surface area contributed by atoms with Crippen LogP contribution in [0.4, 0.5) is 0 Å². The van der Waals surface area contributed by atoms with Crippen molar-refractivity contribution in [2.75, 3.05) is 0 Å². The number of carbonyl (C=O) groups excluding carboxylic acids is 1. The fourth-order valence-corrected chi connectivity index (χ4v) is 5.34. The molecule has 0 bridgehead atoms. The second-order valence-corrected chi connectivity index (χ2v) is 11.4. The fraction of sp³-hybridized carbons (Fsp3) is 0.200. The lowest BCUT2D eigenvalue weighted by Gasteiger charge is -2.19. The molecule has 0 aliphatic rings. The average Bonchev–Trinajstić information content (AvgIpc) is 2.83. The molecule has 36 heavy (non-hydrogen) atoms. The zero-order valence-corrected chi connectivity index (χ0v) is 23.7. The summed E-state index contributed by atoms with van der Waals surface area (Å²) in [5, 5.41) is 6.49. The summed E-state index contributed by atoms with van der Waals surface area (Å²) in [6, 6.07) is 26.4. The number of carbonyl (C=O) groups is 1. The number of hydrogen-bond acceptors (Lipinski definition) is 3. The Hall–Kier alpha value is -2.96. The number of ether oxygens (including phenoxy) is 1. The van der Waals surface area contributed by atoms with Gasteiger partial charge in [0.25, 0.3) is 0 Å². The molecule has 0 unspecified atom stereocenters. The van der Waals surface area contributed by atoms with Crippen LogP contribution >= 0.6 is 31.9 Å². The predicted molar refractivity (Wildman–Crippen MR) is 155 cm³/mol. The van der Waals surface area contributed by atoms with Crippen molar-refractivity contribution in [3.8, 4) is 5.75 Å². The van der Waals surface area contributed by atoms with Crippen molar-refractivity contribution >= 4 is 54.8 Å². The van der Waals surface area contributed by atoms with Crippen LogP contribution in [0.5, 0.6) is 5.75 Å². The van der Waals surface area contributed by atoms with Gasteiger partial charge in [0.05, 0.1) is 21.6 Å². The molecule has 0 aliphatic heterocycles. The molecule has 1 amide bonds. The van der Waals surface area contributed by atoms with Crippen LogP contribution in [0.3, 0.4) is 0 Å². The van der Waals surface area contributed by atoms with E-state index < -0.39 is 0 Å². The predicted octanol–water partition coefficient (Wildman–Crippen LogP) is 7.93. The minimum absolute atomic E-state index is 0.0874. The third kappa shape index (κ3) is 6.62. The third-order valence-electron chi connectivity index (χ3n) is 5.86. The molecule has 0 spiro atoms. The van der Waals surface area contributed by atoms with Crippen LogP contribution in [0.2, 0.25) is 0 Å². The van der Waals surface area contributed by atoms with Crippen LogP contribution in [-0.2, 0) is 23.2 Å². The van der Waals surface area contributed by atoms with Gasteiger partial charge >= 0.3 is 0 Å². The Balaban J connectivity index is 1.36. The molecule has 0 aliphatic carbocycles. The van der Waals surface area contributed by atoms with Crippen molar-refractivity contribution in [1.82, 2.24) is 5.43 Å². The highest BCUT2D eigenvalue weighted by atomic mass is 79.9. The topological polar surface area (TPSA) is 50.7 Å². The average molecular weight is 608 g/mol. The van der Waals surface area contributed by atoms with E-state index in [1.165, 1.54) is 16.3 Å². The molecule has 0 saturated carbocycles. The van der Waals surface area contributed by atoms with E-state index in [1.54, 1.807) is 6.21 Å². The lowest BCUT2D eigenvalue weighted by Crippen LogP contribution is -2.20. The Morgan fingerprint density at radius 1 is 0.944 bits per heavy atom. The molecule has 184 valence electrons. The maximum Gasteiger partial charge on any atom is 0.244 e. The van der Waals surface area contributed by atoms with E-state index in [1.807, 2.05) is 42.5 Å². The van der Waals surface area contributed by atoms with Crippen LogP contribution in [0.15, 0.2) is 92.9 Å². The van der Waals surface area contributed by atoms with Crippen LogP contribution in [-0.4, -0.2) is 12.1 Å². The quantitative estimate of drug-likeness (QED) is 0.171. The lowest BCUT2D eigenvalue weighted by molar-refractivity contribution is -0.120. The van der Waals surface area contributed by atoms with Crippen molar-refractivity contribution in [1.29, 1.82) is 0 Å². The monoisotopic (exact) mass is 606 g/mol. The molecule has 0 radical (unpaired) electrons. The van der Waals surface area contributed by atoms with Crippen molar-refractivity contribution in [2.45, 2.75) is 39.2 Å². The Kier molecular flexibility index (Phi) is 8.27. The molecule has 4 aromatic rings. The summed E-state index contributed by atoms with van der Waals surface area (Å²) in [7, 11) is 0. The van der Waals surface area contributed by atoms with E-state index >= 15 is 0 Å². The Morgan fingerprint density at radius 2 is 1.61 bits per heavy atom. The third-order valence-corrected chi connectivity index (χ3v) is 7.04. The highest BCUT2D eigenvalue weighted by molar-refractivity contribution is 9.11. The van der Waals surface area contributed by atoms with Gasteiger partial charge in [0.1, 0.15) is 12.4 Å². The summed E-state index contributed by atoms with van der Waals surface area (Å²) in [4.78, 5) is 12.3. The minimum atomic E-state index is -0.164.